The standard InChI is InChI=1S/C17H10ClNO3/c1-2-9-21-17(20)11-7-8-15-14(10-11)19-16(22-15)12-5-3-4-6-13(12)18/h1,3-8,10H,9H2. The smallest absolute Gasteiger partial charge is 0.339 e. The molecular weight excluding hydrogens is 302 g/mol. The third kappa shape index (κ3) is 2.67. The number of hydrogen-bond acceptors (Lipinski definition) is 4. The van der Waals surface area contributed by atoms with Crippen LogP contribution in [0.3, 0.4) is 0 Å². The van der Waals surface area contributed by atoms with Crippen LogP contribution in [0.4, 0.5) is 0 Å². The zero-order valence-corrected chi connectivity index (χ0v) is 12.1. The Morgan fingerprint density at radius 3 is 2.91 bits per heavy atom. The molecule has 5 heteroatoms. The lowest BCUT2D eigenvalue weighted by molar-refractivity contribution is 0.0557. The van der Waals surface area contributed by atoms with Crippen LogP contribution in [0.5, 0.6) is 0 Å². The maximum Gasteiger partial charge on any atom is 0.339 e. The van der Waals surface area contributed by atoms with Crippen molar-refractivity contribution in [1.29, 1.82) is 0 Å². The first-order chi connectivity index (χ1) is 10.7. The highest BCUT2D eigenvalue weighted by molar-refractivity contribution is 6.33. The summed E-state index contributed by atoms with van der Waals surface area (Å²) >= 11 is 6.13. The molecule has 0 radical (unpaired) electrons. The molecule has 3 aromatic rings. The summed E-state index contributed by atoms with van der Waals surface area (Å²) in [6.07, 6.45) is 5.06. The lowest BCUT2D eigenvalue weighted by Gasteiger charge is -1.99. The number of hydrogen-bond donors (Lipinski definition) is 0. The summed E-state index contributed by atoms with van der Waals surface area (Å²) in [4.78, 5) is 16.1. The number of halogens is 1. The van der Waals surface area contributed by atoms with E-state index >= 15 is 0 Å². The van der Waals surface area contributed by atoms with Gasteiger partial charge in [-0.05, 0) is 30.3 Å². The average Bonchev–Trinajstić information content (AvgIpc) is 2.95. The molecule has 1 aromatic heterocycles. The fourth-order valence-electron chi connectivity index (χ4n) is 1.99. The van der Waals surface area contributed by atoms with Crippen molar-refractivity contribution in [1.82, 2.24) is 4.98 Å². The molecule has 2 aromatic carbocycles. The summed E-state index contributed by atoms with van der Waals surface area (Å²) < 4.78 is 10.6. The van der Waals surface area contributed by atoms with Gasteiger partial charge < -0.3 is 9.15 Å². The van der Waals surface area contributed by atoms with Crippen molar-refractivity contribution in [3.8, 4) is 23.8 Å². The lowest BCUT2D eigenvalue weighted by atomic mass is 10.2. The second-order valence-electron chi connectivity index (χ2n) is 4.46. The Morgan fingerprint density at radius 1 is 1.32 bits per heavy atom. The monoisotopic (exact) mass is 311 g/mol. The summed E-state index contributed by atoms with van der Waals surface area (Å²) in [5.41, 5.74) is 2.16. The van der Waals surface area contributed by atoms with Crippen LogP contribution in [0.15, 0.2) is 46.9 Å². The van der Waals surface area contributed by atoms with Gasteiger partial charge in [0.15, 0.2) is 12.2 Å². The van der Waals surface area contributed by atoms with Crippen LogP contribution < -0.4 is 0 Å². The number of rotatable bonds is 3. The molecule has 0 bridgehead atoms. The Balaban J connectivity index is 1.99. The molecule has 0 saturated heterocycles. The van der Waals surface area contributed by atoms with E-state index in [2.05, 4.69) is 10.9 Å². The van der Waals surface area contributed by atoms with E-state index in [4.69, 9.17) is 27.2 Å². The predicted octanol–water partition coefficient (Wildman–Crippen LogP) is 3.94. The Hall–Kier alpha value is -2.77. The highest BCUT2D eigenvalue weighted by Crippen LogP contribution is 2.30. The normalized spacial score (nSPS) is 10.4. The van der Waals surface area contributed by atoms with Gasteiger partial charge in [-0.25, -0.2) is 9.78 Å². The molecule has 0 unspecified atom stereocenters. The van der Waals surface area contributed by atoms with Gasteiger partial charge in [0.2, 0.25) is 5.89 Å². The minimum atomic E-state index is -0.498. The summed E-state index contributed by atoms with van der Waals surface area (Å²) in [7, 11) is 0. The number of benzene rings is 2. The molecule has 108 valence electrons. The van der Waals surface area contributed by atoms with Crippen LogP contribution in [0.2, 0.25) is 5.02 Å². The molecule has 0 aliphatic rings. The second kappa shape index (κ2) is 5.92. The van der Waals surface area contributed by atoms with E-state index in [9.17, 15) is 4.79 Å². The Kier molecular flexibility index (Phi) is 3.82. The molecule has 3 rings (SSSR count). The Labute approximate surface area is 131 Å². The zero-order chi connectivity index (χ0) is 15.5. The second-order valence-corrected chi connectivity index (χ2v) is 4.87. The van der Waals surface area contributed by atoms with Gasteiger partial charge in [-0.15, -0.1) is 6.42 Å². The topological polar surface area (TPSA) is 52.3 Å². The molecule has 0 aliphatic heterocycles. The van der Waals surface area contributed by atoms with Crippen molar-refractivity contribution in [2.45, 2.75) is 0 Å². The number of nitrogens with zero attached hydrogens (tertiary/aromatic N) is 1. The van der Waals surface area contributed by atoms with Crippen molar-refractivity contribution in [3.05, 3.63) is 53.1 Å². The minimum absolute atomic E-state index is 0.0689. The van der Waals surface area contributed by atoms with Crippen LogP contribution in [0.25, 0.3) is 22.6 Å². The van der Waals surface area contributed by atoms with Crippen LogP contribution >= 0.6 is 11.6 Å². The maximum atomic E-state index is 11.8. The van der Waals surface area contributed by atoms with Gasteiger partial charge in [0, 0.05) is 0 Å². The van der Waals surface area contributed by atoms with E-state index in [0.29, 0.717) is 33.1 Å². The summed E-state index contributed by atoms with van der Waals surface area (Å²) in [5.74, 6) is 2.15. The Morgan fingerprint density at radius 2 is 2.14 bits per heavy atom. The van der Waals surface area contributed by atoms with Crippen molar-refractivity contribution in [2.75, 3.05) is 6.61 Å². The first kappa shape index (κ1) is 14.2. The van der Waals surface area contributed by atoms with E-state index in [1.807, 2.05) is 18.2 Å². The molecule has 0 amide bonds. The molecule has 0 fully saturated rings. The number of ether oxygens (including phenoxy) is 1. The fourth-order valence-corrected chi connectivity index (χ4v) is 2.21. The van der Waals surface area contributed by atoms with Crippen LogP contribution in [0, 0.1) is 12.3 Å². The van der Waals surface area contributed by atoms with Crippen LogP contribution in [-0.4, -0.2) is 17.6 Å². The van der Waals surface area contributed by atoms with Gasteiger partial charge in [-0.2, -0.15) is 0 Å². The van der Waals surface area contributed by atoms with E-state index in [0.717, 1.165) is 0 Å². The summed E-state index contributed by atoms with van der Waals surface area (Å²) in [6.45, 7) is -0.0689. The van der Waals surface area contributed by atoms with Crippen molar-refractivity contribution < 1.29 is 13.9 Å². The summed E-state index contributed by atoms with van der Waals surface area (Å²) in [5, 5.41) is 0.544. The van der Waals surface area contributed by atoms with E-state index in [1.54, 1.807) is 24.3 Å². The number of aromatic nitrogens is 1. The van der Waals surface area contributed by atoms with Gasteiger partial charge in [-0.1, -0.05) is 29.7 Å². The molecular formula is C17H10ClNO3. The molecule has 1 heterocycles. The minimum Gasteiger partial charge on any atom is -0.449 e. The SMILES string of the molecule is C#CCOC(=O)c1ccc2oc(-c3ccccc3Cl)nc2c1. The number of carbonyl (C=O) groups excluding carboxylic acids is 1. The van der Waals surface area contributed by atoms with Gasteiger partial charge in [-0.3, -0.25) is 0 Å². The molecule has 22 heavy (non-hydrogen) atoms. The number of oxazole rings is 1. The van der Waals surface area contributed by atoms with Crippen molar-refractivity contribution >= 4 is 28.7 Å². The largest absolute Gasteiger partial charge is 0.449 e. The first-order valence-electron chi connectivity index (χ1n) is 6.45. The predicted molar refractivity (Wildman–Crippen MR) is 83.6 cm³/mol. The fraction of sp³-hybridized carbons (Fsp3) is 0.0588. The van der Waals surface area contributed by atoms with Gasteiger partial charge in [0.25, 0.3) is 0 Å². The number of fused-ring (bicyclic) bond motifs is 1. The molecule has 0 N–H and O–H groups in total. The molecule has 4 nitrogen and oxygen atoms in total. The summed E-state index contributed by atoms with van der Waals surface area (Å²) in [6, 6.07) is 12.1. The first-order valence-corrected chi connectivity index (χ1v) is 6.83. The van der Waals surface area contributed by atoms with Gasteiger partial charge in [0.1, 0.15) is 5.52 Å². The van der Waals surface area contributed by atoms with E-state index in [1.165, 1.54) is 0 Å². The van der Waals surface area contributed by atoms with Crippen molar-refractivity contribution in [3.63, 3.8) is 0 Å². The molecule has 0 spiro atoms. The third-order valence-electron chi connectivity index (χ3n) is 3.01. The number of terminal acetylenes is 1. The number of esters is 1. The van der Waals surface area contributed by atoms with Gasteiger partial charge >= 0.3 is 5.97 Å². The average molecular weight is 312 g/mol. The molecule has 0 atom stereocenters. The quantitative estimate of drug-likeness (QED) is 0.543. The molecule has 0 aliphatic carbocycles. The van der Waals surface area contributed by atoms with Crippen LogP contribution in [0.1, 0.15) is 10.4 Å². The zero-order valence-electron chi connectivity index (χ0n) is 11.4. The maximum absolute atomic E-state index is 11.8. The third-order valence-corrected chi connectivity index (χ3v) is 3.34. The van der Waals surface area contributed by atoms with E-state index < -0.39 is 5.97 Å². The number of carbonyl (C=O) groups is 1. The lowest BCUT2D eigenvalue weighted by Crippen LogP contribution is -2.04. The van der Waals surface area contributed by atoms with Crippen LogP contribution in [-0.2, 0) is 4.74 Å². The highest BCUT2D eigenvalue weighted by atomic mass is 35.5. The van der Waals surface area contributed by atoms with Gasteiger partial charge in [0.05, 0.1) is 16.1 Å². The van der Waals surface area contributed by atoms with Crippen molar-refractivity contribution in [2.24, 2.45) is 0 Å². The van der Waals surface area contributed by atoms with E-state index in [-0.39, 0.29) is 6.61 Å². The Bertz CT molecular complexity index is 892. The molecule has 0 saturated carbocycles. The highest BCUT2D eigenvalue weighted by Gasteiger charge is 2.14.